The van der Waals surface area contributed by atoms with Crippen LogP contribution in [-0.4, -0.2) is 39.8 Å². The van der Waals surface area contributed by atoms with E-state index in [1.54, 1.807) is 19.5 Å². The quantitative estimate of drug-likeness (QED) is 0.542. The van der Waals surface area contributed by atoms with Crippen molar-refractivity contribution in [3.05, 3.63) is 52.9 Å². The number of ether oxygens (including phenoxy) is 2. The van der Waals surface area contributed by atoms with Crippen molar-refractivity contribution < 1.29 is 9.47 Å². The van der Waals surface area contributed by atoms with E-state index in [0.29, 0.717) is 34.4 Å². The van der Waals surface area contributed by atoms with Crippen molar-refractivity contribution >= 4 is 18.4 Å². The van der Waals surface area contributed by atoms with Gasteiger partial charge in [0.05, 0.1) is 19.9 Å². The van der Waals surface area contributed by atoms with Crippen LogP contribution in [0, 0.1) is 4.77 Å². The highest BCUT2D eigenvalue weighted by atomic mass is 32.1. The van der Waals surface area contributed by atoms with Crippen LogP contribution in [0.15, 0.2) is 47.7 Å². The summed E-state index contributed by atoms with van der Waals surface area (Å²) in [7, 11) is 1.60. The summed E-state index contributed by atoms with van der Waals surface area (Å²) in [6, 6.07) is 11.1. The standard InChI is InChI=1S/C17H17N5O2S/c1-3-24-14-8-7-12(10-15(14)23-2)11-19-22-16(20-21-17(22)25)13-6-4-5-9-18-13/h4-11H,3H2,1-2H3,(H,21,25)/b19-11+. The Morgan fingerprint density at radius 2 is 2.16 bits per heavy atom. The van der Waals surface area contributed by atoms with Crippen LogP contribution < -0.4 is 9.47 Å². The van der Waals surface area contributed by atoms with Crippen LogP contribution in [0.5, 0.6) is 11.5 Å². The first-order valence-electron chi connectivity index (χ1n) is 7.67. The molecule has 3 aromatic rings. The number of nitrogens with one attached hydrogen (secondary N) is 1. The predicted octanol–water partition coefficient (Wildman–Crippen LogP) is 3.29. The lowest BCUT2D eigenvalue weighted by molar-refractivity contribution is 0.311. The lowest BCUT2D eigenvalue weighted by Crippen LogP contribution is -1.98. The lowest BCUT2D eigenvalue weighted by atomic mass is 10.2. The zero-order chi connectivity index (χ0) is 17.6. The Bertz CT molecular complexity index is 934. The van der Waals surface area contributed by atoms with Crippen molar-refractivity contribution in [2.75, 3.05) is 13.7 Å². The normalized spacial score (nSPS) is 11.0. The Balaban J connectivity index is 1.93. The summed E-state index contributed by atoms with van der Waals surface area (Å²) in [6.07, 6.45) is 3.37. The maximum Gasteiger partial charge on any atom is 0.216 e. The van der Waals surface area contributed by atoms with Gasteiger partial charge < -0.3 is 9.47 Å². The van der Waals surface area contributed by atoms with Gasteiger partial charge in [0, 0.05) is 6.20 Å². The SMILES string of the molecule is CCOc1ccc(/C=N/n2c(-c3ccccn3)n[nH]c2=S)cc1OC. The Morgan fingerprint density at radius 1 is 1.28 bits per heavy atom. The molecule has 3 rings (SSSR count). The van der Waals surface area contributed by atoms with Gasteiger partial charge in [-0.1, -0.05) is 6.07 Å². The van der Waals surface area contributed by atoms with E-state index < -0.39 is 0 Å². The molecule has 1 aromatic carbocycles. The molecule has 2 aromatic heterocycles. The summed E-state index contributed by atoms with van der Waals surface area (Å²) in [4.78, 5) is 4.28. The average molecular weight is 355 g/mol. The van der Waals surface area contributed by atoms with Crippen LogP contribution in [-0.2, 0) is 0 Å². The van der Waals surface area contributed by atoms with E-state index in [2.05, 4.69) is 20.3 Å². The van der Waals surface area contributed by atoms with Crippen LogP contribution in [0.2, 0.25) is 0 Å². The molecule has 0 aliphatic carbocycles. The molecule has 0 unspecified atom stereocenters. The van der Waals surface area contributed by atoms with Crippen molar-refractivity contribution in [1.82, 2.24) is 19.9 Å². The van der Waals surface area contributed by atoms with Gasteiger partial charge in [-0.05, 0) is 55.0 Å². The second-order valence-electron chi connectivity index (χ2n) is 4.97. The molecule has 0 spiro atoms. The van der Waals surface area contributed by atoms with Gasteiger partial charge in [0.1, 0.15) is 5.69 Å². The second kappa shape index (κ2) is 7.71. The predicted molar refractivity (Wildman–Crippen MR) is 97.8 cm³/mol. The van der Waals surface area contributed by atoms with Crippen molar-refractivity contribution in [2.24, 2.45) is 5.10 Å². The number of aromatic amines is 1. The fraction of sp³-hybridized carbons (Fsp3) is 0.176. The van der Waals surface area contributed by atoms with Gasteiger partial charge in [-0.15, -0.1) is 0 Å². The highest BCUT2D eigenvalue weighted by Crippen LogP contribution is 2.27. The van der Waals surface area contributed by atoms with E-state index in [-0.39, 0.29) is 0 Å². The first-order valence-corrected chi connectivity index (χ1v) is 8.07. The number of pyridine rings is 1. The van der Waals surface area contributed by atoms with Crippen LogP contribution in [0.1, 0.15) is 12.5 Å². The summed E-state index contributed by atoms with van der Waals surface area (Å²) in [6.45, 7) is 2.50. The maximum atomic E-state index is 5.51. The molecule has 1 N–H and O–H groups in total. The Labute approximate surface area is 150 Å². The molecular weight excluding hydrogens is 338 g/mol. The van der Waals surface area contributed by atoms with Gasteiger partial charge in [0.15, 0.2) is 11.5 Å². The summed E-state index contributed by atoms with van der Waals surface area (Å²) < 4.78 is 12.8. The van der Waals surface area contributed by atoms with Crippen LogP contribution in [0.4, 0.5) is 0 Å². The molecule has 0 aliphatic heterocycles. The Morgan fingerprint density at radius 3 is 2.88 bits per heavy atom. The molecule has 0 fully saturated rings. The van der Waals surface area contributed by atoms with Crippen LogP contribution in [0.3, 0.4) is 0 Å². The van der Waals surface area contributed by atoms with E-state index >= 15 is 0 Å². The molecule has 0 radical (unpaired) electrons. The van der Waals surface area contributed by atoms with Crippen molar-refractivity contribution in [2.45, 2.75) is 6.92 Å². The van der Waals surface area contributed by atoms with Crippen LogP contribution in [0.25, 0.3) is 11.5 Å². The van der Waals surface area contributed by atoms with Crippen molar-refractivity contribution in [3.8, 4) is 23.0 Å². The summed E-state index contributed by atoms with van der Waals surface area (Å²) in [5.74, 6) is 1.88. The van der Waals surface area contributed by atoms with Gasteiger partial charge in [-0.2, -0.15) is 14.9 Å². The molecule has 8 heteroatoms. The minimum absolute atomic E-state index is 0.384. The molecule has 0 bridgehead atoms. The highest BCUT2D eigenvalue weighted by Gasteiger charge is 2.09. The molecule has 0 amide bonds. The first-order chi connectivity index (χ1) is 12.2. The van der Waals surface area contributed by atoms with Gasteiger partial charge in [0.2, 0.25) is 10.6 Å². The van der Waals surface area contributed by atoms with Crippen LogP contribution >= 0.6 is 12.2 Å². The average Bonchev–Trinajstić information content (AvgIpc) is 3.02. The van der Waals surface area contributed by atoms with Crippen molar-refractivity contribution in [3.63, 3.8) is 0 Å². The van der Waals surface area contributed by atoms with E-state index in [1.807, 2.05) is 43.3 Å². The van der Waals surface area contributed by atoms with Gasteiger partial charge >= 0.3 is 0 Å². The van der Waals surface area contributed by atoms with Crippen molar-refractivity contribution in [1.29, 1.82) is 0 Å². The number of H-pyrrole nitrogens is 1. The third-order valence-electron chi connectivity index (χ3n) is 3.35. The number of nitrogens with zero attached hydrogens (tertiary/aromatic N) is 4. The molecular formula is C17H17N5O2S. The Kier molecular flexibility index (Phi) is 5.20. The maximum absolute atomic E-state index is 5.51. The minimum Gasteiger partial charge on any atom is -0.493 e. The monoisotopic (exact) mass is 355 g/mol. The second-order valence-corrected chi connectivity index (χ2v) is 5.35. The van der Waals surface area contributed by atoms with Gasteiger partial charge in [-0.25, -0.2) is 5.10 Å². The Hall–Kier alpha value is -3.00. The molecule has 0 saturated carbocycles. The smallest absolute Gasteiger partial charge is 0.216 e. The number of aromatic nitrogens is 4. The topological polar surface area (TPSA) is 77.3 Å². The fourth-order valence-corrected chi connectivity index (χ4v) is 2.40. The number of hydrogen-bond donors (Lipinski definition) is 1. The molecule has 2 heterocycles. The molecule has 25 heavy (non-hydrogen) atoms. The number of rotatable bonds is 6. The summed E-state index contributed by atoms with van der Waals surface area (Å²) >= 11 is 5.25. The first kappa shape index (κ1) is 16.8. The zero-order valence-electron chi connectivity index (χ0n) is 13.8. The zero-order valence-corrected chi connectivity index (χ0v) is 14.7. The number of benzene rings is 1. The number of hydrogen-bond acceptors (Lipinski definition) is 6. The van der Waals surface area contributed by atoms with E-state index in [4.69, 9.17) is 21.7 Å². The highest BCUT2D eigenvalue weighted by molar-refractivity contribution is 7.71. The van der Waals surface area contributed by atoms with E-state index in [9.17, 15) is 0 Å². The summed E-state index contributed by atoms with van der Waals surface area (Å²) in [5.41, 5.74) is 1.52. The number of methoxy groups -OCH3 is 1. The molecule has 128 valence electrons. The third kappa shape index (κ3) is 3.74. The lowest BCUT2D eigenvalue weighted by Gasteiger charge is -2.09. The molecule has 0 atom stereocenters. The largest absolute Gasteiger partial charge is 0.493 e. The molecule has 7 nitrogen and oxygen atoms in total. The minimum atomic E-state index is 0.384. The fourth-order valence-electron chi connectivity index (χ4n) is 2.22. The summed E-state index contributed by atoms with van der Waals surface area (Å²) in [5, 5.41) is 11.4. The van der Waals surface area contributed by atoms with E-state index in [0.717, 1.165) is 5.56 Å². The van der Waals surface area contributed by atoms with Gasteiger partial charge in [-0.3, -0.25) is 4.98 Å². The third-order valence-corrected chi connectivity index (χ3v) is 3.62. The molecule has 0 aliphatic rings. The molecule has 0 saturated heterocycles. The van der Waals surface area contributed by atoms with Gasteiger partial charge in [0.25, 0.3) is 0 Å². The van der Waals surface area contributed by atoms with E-state index in [1.165, 1.54) is 4.68 Å².